The molecule has 1 amide bonds. The third-order valence-electron chi connectivity index (χ3n) is 4.94. The second-order valence-corrected chi connectivity index (χ2v) is 11.7. The van der Waals surface area contributed by atoms with E-state index in [4.69, 9.17) is 10.5 Å². The van der Waals surface area contributed by atoms with Gasteiger partial charge in [-0.25, -0.2) is 13.2 Å². The van der Waals surface area contributed by atoms with Gasteiger partial charge in [-0.05, 0) is 62.9 Å². The molecular formula is C25H37N3O5S. The Labute approximate surface area is 203 Å². The quantitative estimate of drug-likeness (QED) is 0.438. The summed E-state index contributed by atoms with van der Waals surface area (Å²) in [7, 11) is -3.90. The van der Waals surface area contributed by atoms with Gasteiger partial charge in [0.25, 0.3) is 0 Å². The third-order valence-corrected chi connectivity index (χ3v) is 6.79. The van der Waals surface area contributed by atoms with Crippen molar-refractivity contribution in [3.8, 4) is 0 Å². The lowest BCUT2D eigenvalue weighted by Crippen LogP contribution is -2.51. The van der Waals surface area contributed by atoms with Gasteiger partial charge in [0.1, 0.15) is 5.60 Å². The second kappa shape index (κ2) is 11.7. The number of aliphatic hydroxyl groups is 1. The van der Waals surface area contributed by atoms with Crippen molar-refractivity contribution in [3.05, 3.63) is 60.2 Å². The average molecular weight is 492 g/mol. The number of hydrogen-bond donors (Lipinski definition) is 3. The fourth-order valence-electron chi connectivity index (χ4n) is 3.41. The Morgan fingerprint density at radius 2 is 1.65 bits per heavy atom. The number of carbonyl (C=O) groups excluding carboxylic acids is 1. The van der Waals surface area contributed by atoms with Crippen LogP contribution in [0.15, 0.2) is 59.5 Å². The molecule has 2 aromatic rings. The first-order valence-electron chi connectivity index (χ1n) is 11.3. The van der Waals surface area contributed by atoms with Crippen LogP contribution < -0.4 is 11.1 Å². The van der Waals surface area contributed by atoms with Crippen LogP contribution in [0.25, 0.3) is 0 Å². The maximum Gasteiger partial charge on any atom is 0.407 e. The van der Waals surface area contributed by atoms with E-state index in [1.807, 2.05) is 44.2 Å². The van der Waals surface area contributed by atoms with Crippen molar-refractivity contribution in [2.75, 3.05) is 18.8 Å². The van der Waals surface area contributed by atoms with Crippen LogP contribution in [0.2, 0.25) is 0 Å². The molecule has 2 aromatic carbocycles. The van der Waals surface area contributed by atoms with E-state index in [1.165, 1.54) is 28.6 Å². The Morgan fingerprint density at radius 3 is 2.18 bits per heavy atom. The fourth-order valence-corrected chi connectivity index (χ4v) is 5.03. The molecule has 0 aliphatic heterocycles. The van der Waals surface area contributed by atoms with Crippen molar-refractivity contribution in [1.29, 1.82) is 0 Å². The molecule has 34 heavy (non-hydrogen) atoms. The Bertz CT molecular complexity index is 1020. The van der Waals surface area contributed by atoms with Crippen molar-refractivity contribution in [2.45, 2.75) is 63.7 Å². The highest BCUT2D eigenvalue weighted by molar-refractivity contribution is 7.89. The van der Waals surface area contributed by atoms with Crippen LogP contribution >= 0.6 is 0 Å². The number of carbonyl (C=O) groups is 1. The van der Waals surface area contributed by atoms with Gasteiger partial charge in [0, 0.05) is 18.8 Å². The molecule has 0 spiro atoms. The molecule has 0 saturated carbocycles. The Kier molecular flexibility index (Phi) is 9.49. The van der Waals surface area contributed by atoms with Gasteiger partial charge in [0.15, 0.2) is 0 Å². The molecule has 0 bridgehead atoms. The Hall–Kier alpha value is -2.62. The minimum Gasteiger partial charge on any atom is -0.444 e. The molecule has 4 N–H and O–H groups in total. The molecule has 0 radical (unpaired) electrons. The van der Waals surface area contributed by atoms with Gasteiger partial charge >= 0.3 is 6.09 Å². The number of alkyl carbamates (subject to hydrolysis) is 1. The normalized spacial score (nSPS) is 14.1. The van der Waals surface area contributed by atoms with Gasteiger partial charge in [-0.2, -0.15) is 4.31 Å². The summed E-state index contributed by atoms with van der Waals surface area (Å²) >= 11 is 0. The number of benzene rings is 2. The molecule has 8 nitrogen and oxygen atoms in total. The molecule has 188 valence electrons. The summed E-state index contributed by atoms with van der Waals surface area (Å²) in [5.41, 5.74) is 6.34. The van der Waals surface area contributed by atoms with Crippen LogP contribution in [0, 0.1) is 5.92 Å². The number of ether oxygens (including phenoxy) is 1. The topological polar surface area (TPSA) is 122 Å². The number of hydrogen-bond acceptors (Lipinski definition) is 6. The van der Waals surface area contributed by atoms with Gasteiger partial charge in [-0.15, -0.1) is 0 Å². The predicted octanol–water partition coefficient (Wildman–Crippen LogP) is 3.41. The Balaban J connectivity index is 2.30. The summed E-state index contributed by atoms with van der Waals surface area (Å²) in [6.45, 7) is 9.05. The minimum absolute atomic E-state index is 0.0159. The van der Waals surface area contributed by atoms with E-state index in [2.05, 4.69) is 5.32 Å². The predicted molar refractivity (Wildman–Crippen MR) is 134 cm³/mol. The van der Waals surface area contributed by atoms with Crippen molar-refractivity contribution in [3.63, 3.8) is 0 Å². The Morgan fingerprint density at radius 1 is 1.06 bits per heavy atom. The molecule has 2 unspecified atom stereocenters. The highest BCUT2D eigenvalue weighted by atomic mass is 32.2. The lowest BCUT2D eigenvalue weighted by Gasteiger charge is -2.31. The number of rotatable bonds is 10. The number of nitrogens with two attached hydrogens (primary N) is 1. The van der Waals surface area contributed by atoms with Crippen LogP contribution in [0.5, 0.6) is 0 Å². The summed E-state index contributed by atoms with van der Waals surface area (Å²) in [6, 6.07) is 14.5. The number of nitrogens with one attached hydrogen (secondary N) is 1. The minimum atomic E-state index is -3.90. The van der Waals surface area contributed by atoms with Crippen LogP contribution in [0.4, 0.5) is 10.5 Å². The van der Waals surface area contributed by atoms with E-state index in [0.29, 0.717) is 12.1 Å². The van der Waals surface area contributed by atoms with E-state index >= 15 is 0 Å². The first-order chi connectivity index (χ1) is 15.8. The van der Waals surface area contributed by atoms with Crippen LogP contribution in [-0.4, -0.2) is 54.8 Å². The third kappa shape index (κ3) is 8.62. The number of nitrogens with zero attached hydrogens (tertiary/aromatic N) is 1. The van der Waals surface area contributed by atoms with Crippen LogP contribution in [0.3, 0.4) is 0 Å². The van der Waals surface area contributed by atoms with Crippen molar-refractivity contribution >= 4 is 21.8 Å². The summed E-state index contributed by atoms with van der Waals surface area (Å²) in [5, 5.41) is 13.9. The monoisotopic (exact) mass is 491 g/mol. The van der Waals surface area contributed by atoms with Gasteiger partial charge < -0.3 is 20.9 Å². The van der Waals surface area contributed by atoms with Crippen molar-refractivity contribution in [2.24, 2.45) is 5.92 Å². The number of sulfonamides is 1. The first kappa shape index (κ1) is 27.6. The number of aliphatic hydroxyl groups excluding tert-OH is 1. The molecule has 0 aliphatic carbocycles. The zero-order chi connectivity index (χ0) is 25.5. The standard InChI is InChI=1S/C25H37N3O5S/c1-18(2)16-28(34(31,32)21-13-11-20(26)12-14-21)17-23(29)22(15-19-9-7-6-8-10-19)27-24(30)33-25(3,4)5/h6-14,18,22-23,29H,15-17,26H2,1-5H3,(H,27,30). The molecule has 0 aromatic heterocycles. The van der Waals surface area contributed by atoms with Crippen molar-refractivity contribution < 1.29 is 23.1 Å². The zero-order valence-electron chi connectivity index (χ0n) is 20.6. The summed E-state index contributed by atoms with van der Waals surface area (Å²) in [4.78, 5) is 12.6. The van der Waals surface area contributed by atoms with E-state index in [1.54, 1.807) is 20.8 Å². The van der Waals surface area contributed by atoms with E-state index in [-0.39, 0.29) is 23.9 Å². The highest BCUT2D eigenvalue weighted by Crippen LogP contribution is 2.20. The number of anilines is 1. The van der Waals surface area contributed by atoms with Crippen LogP contribution in [-0.2, 0) is 21.2 Å². The number of amides is 1. The first-order valence-corrected chi connectivity index (χ1v) is 12.8. The molecule has 2 rings (SSSR count). The van der Waals surface area contributed by atoms with Gasteiger partial charge in [-0.3, -0.25) is 0 Å². The molecule has 0 aliphatic rings. The zero-order valence-corrected chi connectivity index (χ0v) is 21.4. The molecule has 0 saturated heterocycles. The average Bonchev–Trinajstić information content (AvgIpc) is 2.72. The molecule has 2 atom stereocenters. The lowest BCUT2D eigenvalue weighted by molar-refractivity contribution is 0.0400. The van der Waals surface area contributed by atoms with Crippen molar-refractivity contribution in [1.82, 2.24) is 9.62 Å². The molecular weight excluding hydrogens is 454 g/mol. The van der Waals surface area contributed by atoms with Gasteiger partial charge in [-0.1, -0.05) is 44.2 Å². The fraction of sp³-hybridized carbons (Fsp3) is 0.480. The maximum absolute atomic E-state index is 13.4. The van der Waals surface area contributed by atoms with E-state index < -0.39 is 33.9 Å². The summed E-state index contributed by atoms with van der Waals surface area (Å²) in [6.07, 6.45) is -1.56. The summed E-state index contributed by atoms with van der Waals surface area (Å²) in [5.74, 6) is 0.0159. The largest absolute Gasteiger partial charge is 0.444 e. The number of nitrogen functional groups attached to an aromatic ring is 1. The van der Waals surface area contributed by atoms with Gasteiger partial charge in [0.05, 0.1) is 17.0 Å². The van der Waals surface area contributed by atoms with Crippen LogP contribution in [0.1, 0.15) is 40.2 Å². The molecule has 0 fully saturated rings. The summed E-state index contributed by atoms with van der Waals surface area (Å²) < 4.78 is 33.4. The lowest BCUT2D eigenvalue weighted by atomic mass is 10.0. The molecule has 9 heteroatoms. The SMILES string of the molecule is CC(C)CN(CC(O)C(Cc1ccccc1)NC(=O)OC(C)(C)C)S(=O)(=O)c1ccc(N)cc1. The van der Waals surface area contributed by atoms with Gasteiger partial charge in [0.2, 0.25) is 10.0 Å². The molecule has 0 heterocycles. The smallest absolute Gasteiger partial charge is 0.407 e. The highest BCUT2D eigenvalue weighted by Gasteiger charge is 2.32. The maximum atomic E-state index is 13.4. The second-order valence-electron chi connectivity index (χ2n) is 9.79. The van der Waals surface area contributed by atoms with E-state index in [0.717, 1.165) is 5.56 Å². The van der Waals surface area contributed by atoms with E-state index in [9.17, 15) is 18.3 Å².